The summed E-state index contributed by atoms with van der Waals surface area (Å²) in [5.74, 6) is 1.91. The van der Waals surface area contributed by atoms with Crippen LogP contribution in [-0.2, 0) is 10.6 Å². The van der Waals surface area contributed by atoms with Crippen molar-refractivity contribution in [2.75, 3.05) is 19.8 Å². The Morgan fingerprint density at radius 2 is 2.35 bits per heavy atom. The Balaban J connectivity index is 2.08. The van der Waals surface area contributed by atoms with Crippen molar-refractivity contribution in [3.63, 3.8) is 0 Å². The number of ether oxygens (including phenoxy) is 2. The fourth-order valence-corrected chi connectivity index (χ4v) is 2.84. The van der Waals surface area contributed by atoms with Crippen LogP contribution in [0.4, 0.5) is 0 Å². The molecule has 0 aromatic heterocycles. The molecule has 0 radical (unpaired) electrons. The van der Waals surface area contributed by atoms with Crippen molar-refractivity contribution < 1.29 is 9.47 Å². The molecule has 1 aliphatic heterocycles. The van der Waals surface area contributed by atoms with Crippen molar-refractivity contribution in [3.8, 4) is 5.75 Å². The lowest BCUT2D eigenvalue weighted by molar-refractivity contribution is 0.166. The second-order valence-corrected chi connectivity index (χ2v) is 5.57. The minimum Gasteiger partial charge on any atom is -0.493 e. The Kier molecular flexibility index (Phi) is 4.71. The molecule has 1 aliphatic rings. The van der Waals surface area contributed by atoms with Gasteiger partial charge in [-0.25, -0.2) is 0 Å². The summed E-state index contributed by atoms with van der Waals surface area (Å²) in [5.41, 5.74) is 2.16. The van der Waals surface area contributed by atoms with Gasteiger partial charge in [0.15, 0.2) is 0 Å². The van der Waals surface area contributed by atoms with Gasteiger partial charge in [0.05, 0.1) is 19.1 Å². The van der Waals surface area contributed by atoms with Crippen LogP contribution in [0, 0.1) is 12.8 Å². The standard InChI is InChI=1S/C13H16BrClO2/c1-9-4-12(14)5-11(6-15)13(9)17-8-10-2-3-16-7-10/h4-5,10H,2-3,6-8H2,1H3. The van der Waals surface area contributed by atoms with E-state index in [1.54, 1.807) is 0 Å². The molecule has 17 heavy (non-hydrogen) atoms. The molecule has 2 nitrogen and oxygen atoms in total. The Morgan fingerprint density at radius 3 is 3.00 bits per heavy atom. The van der Waals surface area contributed by atoms with E-state index in [4.69, 9.17) is 21.1 Å². The first-order valence-electron chi connectivity index (χ1n) is 5.76. The monoisotopic (exact) mass is 318 g/mol. The average molecular weight is 320 g/mol. The van der Waals surface area contributed by atoms with Gasteiger partial charge < -0.3 is 9.47 Å². The molecule has 0 saturated carbocycles. The topological polar surface area (TPSA) is 18.5 Å². The third-order valence-electron chi connectivity index (χ3n) is 2.95. The highest BCUT2D eigenvalue weighted by Gasteiger charge is 2.17. The lowest BCUT2D eigenvalue weighted by atomic mass is 10.1. The molecule has 1 heterocycles. The maximum Gasteiger partial charge on any atom is 0.126 e. The van der Waals surface area contributed by atoms with Crippen molar-refractivity contribution in [3.05, 3.63) is 27.7 Å². The molecule has 0 spiro atoms. The zero-order chi connectivity index (χ0) is 12.3. The predicted octanol–water partition coefficient (Wildman–Crippen LogP) is 3.91. The van der Waals surface area contributed by atoms with Crippen molar-refractivity contribution >= 4 is 27.5 Å². The van der Waals surface area contributed by atoms with E-state index in [1.807, 2.05) is 13.0 Å². The average Bonchev–Trinajstić information content (AvgIpc) is 2.79. The van der Waals surface area contributed by atoms with Crippen molar-refractivity contribution in [1.82, 2.24) is 0 Å². The first-order chi connectivity index (χ1) is 8.20. The van der Waals surface area contributed by atoms with Crippen LogP contribution in [0.25, 0.3) is 0 Å². The summed E-state index contributed by atoms with van der Waals surface area (Å²) in [7, 11) is 0. The zero-order valence-electron chi connectivity index (χ0n) is 9.84. The molecule has 0 amide bonds. The van der Waals surface area contributed by atoms with Crippen molar-refractivity contribution in [1.29, 1.82) is 0 Å². The lowest BCUT2D eigenvalue weighted by Gasteiger charge is -2.15. The smallest absolute Gasteiger partial charge is 0.126 e. The lowest BCUT2D eigenvalue weighted by Crippen LogP contribution is -2.13. The van der Waals surface area contributed by atoms with Gasteiger partial charge in [-0.1, -0.05) is 15.9 Å². The second-order valence-electron chi connectivity index (χ2n) is 4.39. The number of alkyl halides is 1. The van der Waals surface area contributed by atoms with Gasteiger partial charge in [-0.15, -0.1) is 11.6 Å². The Bertz CT molecular complexity index is 389. The Labute approximate surface area is 115 Å². The van der Waals surface area contributed by atoms with Crippen LogP contribution in [0.1, 0.15) is 17.5 Å². The van der Waals surface area contributed by atoms with E-state index in [0.717, 1.165) is 41.0 Å². The summed E-state index contributed by atoms with van der Waals surface area (Å²) in [6.07, 6.45) is 1.09. The largest absolute Gasteiger partial charge is 0.493 e. The molecular formula is C13H16BrClO2. The summed E-state index contributed by atoms with van der Waals surface area (Å²) in [6.45, 7) is 4.43. The van der Waals surface area contributed by atoms with Crippen LogP contribution in [0.15, 0.2) is 16.6 Å². The van der Waals surface area contributed by atoms with Gasteiger partial charge >= 0.3 is 0 Å². The van der Waals surface area contributed by atoms with Gasteiger partial charge in [-0.3, -0.25) is 0 Å². The van der Waals surface area contributed by atoms with Crippen LogP contribution < -0.4 is 4.74 Å². The van der Waals surface area contributed by atoms with E-state index < -0.39 is 0 Å². The van der Waals surface area contributed by atoms with Crippen molar-refractivity contribution in [2.24, 2.45) is 5.92 Å². The summed E-state index contributed by atoms with van der Waals surface area (Å²) in [6, 6.07) is 4.07. The van der Waals surface area contributed by atoms with Crippen LogP contribution in [0.2, 0.25) is 0 Å². The molecule has 1 saturated heterocycles. The third-order valence-corrected chi connectivity index (χ3v) is 3.69. The van der Waals surface area contributed by atoms with Gasteiger partial charge in [0.25, 0.3) is 0 Å². The summed E-state index contributed by atoms with van der Waals surface area (Å²) >= 11 is 9.42. The molecule has 0 aliphatic carbocycles. The van der Waals surface area contributed by atoms with Gasteiger partial charge in [-0.05, 0) is 31.0 Å². The van der Waals surface area contributed by atoms with Gasteiger partial charge in [0.2, 0.25) is 0 Å². The van der Waals surface area contributed by atoms with Crippen molar-refractivity contribution in [2.45, 2.75) is 19.2 Å². The second kappa shape index (κ2) is 6.07. The van der Waals surface area contributed by atoms with Crippen LogP contribution in [0.5, 0.6) is 5.75 Å². The Morgan fingerprint density at radius 1 is 1.53 bits per heavy atom. The van der Waals surface area contributed by atoms with E-state index in [0.29, 0.717) is 18.4 Å². The highest BCUT2D eigenvalue weighted by molar-refractivity contribution is 9.10. The molecule has 0 bridgehead atoms. The number of rotatable bonds is 4. The van der Waals surface area contributed by atoms with Crippen LogP contribution >= 0.6 is 27.5 Å². The van der Waals surface area contributed by atoms with E-state index in [1.165, 1.54) is 0 Å². The normalized spacial score (nSPS) is 19.6. The molecule has 2 rings (SSSR count). The molecule has 1 fully saturated rings. The number of halogens is 2. The maximum atomic E-state index is 5.95. The molecule has 1 unspecified atom stereocenters. The highest BCUT2D eigenvalue weighted by Crippen LogP contribution is 2.30. The van der Waals surface area contributed by atoms with E-state index in [-0.39, 0.29) is 0 Å². The molecule has 94 valence electrons. The van der Waals surface area contributed by atoms with Gasteiger partial charge in [-0.2, -0.15) is 0 Å². The number of hydrogen-bond acceptors (Lipinski definition) is 2. The quantitative estimate of drug-likeness (QED) is 0.783. The zero-order valence-corrected chi connectivity index (χ0v) is 12.2. The third kappa shape index (κ3) is 3.36. The van der Waals surface area contributed by atoms with E-state index in [2.05, 4.69) is 22.0 Å². The van der Waals surface area contributed by atoms with Gasteiger partial charge in [0.1, 0.15) is 5.75 Å². The minimum absolute atomic E-state index is 0.469. The van der Waals surface area contributed by atoms with E-state index in [9.17, 15) is 0 Å². The SMILES string of the molecule is Cc1cc(Br)cc(CCl)c1OCC1CCOC1. The Hall–Kier alpha value is -0.250. The number of hydrogen-bond donors (Lipinski definition) is 0. The van der Waals surface area contributed by atoms with Gasteiger partial charge in [0, 0.05) is 22.6 Å². The van der Waals surface area contributed by atoms with Crippen LogP contribution in [0.3, 0.4) is 0 Å². The number of aryl methyl sites for hydroxylation is 1. The summed E-state index contributed by atoms with van der Waals surface area (Å²) in [4.78, 5) is 0. The first-order valence-corrected chi connectivity index (χ1v) is 7.09. The fraction of sp³-hybridized carbons (Fsp3) is 0.538. The maximum absolute atomic E-state index is 5.95. The summed E-state index contributed by atoms with van der Waals surface area (Å²) in [5, 5.41) is 0. The number of benzene rings is 1. The molecule has 1 atom stereocenters. The first kappa shape index (κ1) is 13.2. The molecule has 0 N–H and O–H groups in total. The highest BCUT2D eigenvalue weighted by atomic mass is 79.9. The molecule has 1 aromatic carbocycles. The molecular weight excluding hydrogens is 303 g/mol. The minimum atomic E-state index is 0.469. The predicted molar refractivity (Wildman–Crippen MR) is 72.9 cm³/mol. The van der Waals surface area contributed by atoms with E-state index >= 15 is 0 Å². The fourth-order valence-electron chi connectivity index (χ4n) is 2.02. The van der Waals surface area contributed by atoms with Crippen LogP contribution in [-0.4, -0.2) is 19.8 Å². The molecule has 1 aromatic rings. The molecule has 4 heteroatoms. The summed E-state index contributed by atoms with van der Waals surface area (Å²) < 4.78 is 12.3.